The summed E-state index contributed by atoms with van der Waals surface area (Å²) < 4.78 is 5.65. The summed E-state index contributed by atoms with van der Waals surface area (Å²) in [6, 6.07) is 19.3. The van der Waals surface area contributed by atoms with Gasteiger partial charge in [-0.05, 0) is 36.8 Å². The van der Waals surface area contributed by atoms with E-state index >= 15 is 0 Å². The number of nitriles is 1. The fourth-order valence-corrected chi connectivity index (χ4v) is 2.11. The average Bonchev–Trinajstić information content (AvgIpc) is 2.64. The minimum atomic E-state index is 0.518. The number of hydrogen-bond acceptors (Lipinski definition) is 3. The van der Waals surface area contributed by atoms with Crippen LogP contribution in [0.25, 0.3) is 0 Å². The fourth-order valence-electron chi connectivity index (χ4n) is 2.11. The van der Waals surface area contributed by atoms with Gasteiger partial charge in [-0.15, -0.1) is 0 Å². The first-order valence-corrected chi connectivity index (χ1v) is 8.01. The molecule has 2 aromatic carbocycles. The van der Waals surface area contributed by atoms with Crippen LogP contribution in [0.1, 0.15) is 18.1 Å². The maximum Gasteiger partial charge on any atom is 0.191 e. The number of aliphatic imine (C=N–C) groups is 1. The first-order valence-electron chi connectivity index (χ1n) is 8.01. The van der Waals surface area contributed by atoms with Gasteiger partial charge in [0.15, 0.2) is 5.96 Å². The third kappa shape index (κ3) is 6.01. The normalized spacial score (nSPS) is 10.8. The van der Waals surface area contributed by atoms with Crippen LogP contribution >= 0.6 is 0 Å². The Bertz CT molecular complexity index is 692. The lowest BCUT2D eigenvalue weighted by atomic mass is 10.1. The van der Waals surface area contributed by atoms with E-state index in [1.165, 1.54) is 0 Å². The van der Waals surface area contributed by atoms with E-state index in [-0.39, 0.29) is 0 Å². The number of nitrogens with one attached hydrogen (secondary N) is 2. The van der Waals surface area contributed by atoms with Crippen LogP contribution in [-0.2, 0) is 6.54 Å². The summed E-state index contributed by atoms with van der Waals surface area (Å²) in [6.45, 7) is 4.53. The van der Waals surface area contributed by atoms with Crippen molar-refractivity contribution < 1.29 is 4.74 Å². The number of para-hydroxylation sites is 1. The first kappa shape index (κ1) is 17.4. The van der Waals surface area contributed by atoms with Crippen molar-refractivity contribution >= 4 is 5.96 Å². The Hall–Kier alpha value is -3.00. The SMILES string of the molecule is CCNC(=NCc1cccc(C#N)c1)NCCOc1ccccc1. The standard InChI is InChI=1S/C19H22N4O/c1-2-21-19(22-11-12-24-18-9-4-3-5-10-18)23-15-17-8-6-7-16(13-17)14-20/h3-10,13H,2,11-12,15H2,1H3,(H2,21,22,23). The summed E-state index contributed by atoms with van der Waals surface area (Å²) in [4.78, 5) is 4.53. The van der Waals surface area contributed by atoms with E-state index < -0.39 is 0 Å². The highest BCUT2D eigenvalue weighted by atomic mass is 16.5. The molecule has 0 heterocycles. The highest BCUT2D eigenvalue weighted by molar-refractivity contribution is 5.79. The van der Waals surface area contributed by atoms with Gasteiger partial charge in [0.2, 0.25) is 0 Å². The molecule has 0 atom stereocenters. The summed E-state index contributed by atoms with van der Waals surface area (Å²) in [6.07, 6.45) is 0. The van der Waals surface area contributed by atoms with E-state index in [1.807, 2.05) is 55.5 Å². The van der Waals surface area contributed by atoms with E-state index in [0.29, 0.717) is 25.3 Å². The summed E-state index contributed by atoms with van der Waals surface area (Å²) in [5, 5.41) is 15.4. The number of hydrogen-bond donors (Lipinski definition) is 2. The van der Waals surface area contributed by atoms with Gasteiger partial charge in [0, 0.05) is 6.54 Å². The second kappa shape index (κ2) is 9.90. The maximum atomic E-state index is 8.94. The van der Waals surface area contributed by atoms with E-state index in [1.54, 1.807) is 6.07 Å². The van der Waals surface area contributed by atoms with Crippen LogP contribution in [0.5, 0.6) is 5.75 Å². The predicted octanol–water partition coefficient (Wildman–Crippen LogP) is 2.69. The third-order valence-electron chi connectivity index (χ3n) is 3.23. The molecular weight excluding hydrogens is 300 g/mol. The molecule has 0 saturated heterocycles. The minimum Gasteiger partial charge on any atom is -0.492 e. The largest absolute Gasteiger partial charge is 0.492 e. The van der Waals surface area contributed by atoms with Crippen molar-refractivity contribution in [3.05, 3.63) is 65.7 Å². The van der Waals surface area contributed by atoms with Crippen LogP contribution in [-0.4, -0.2) is 25.7 Å². The number of guanidine groups is 1. The zero-order valence-electron chi connectivity index (χ0n) is 13.8. The zero-order chi connectivity index (χ0) is 17.0. The van der Waals surface area contributed by atoms with Crippen LogP contribution < -0.4 is 15.4 Å². The molecule has 0 saturated carbocycles. The monoisotopic (exact) mass is 322 g/mol. The van der Waals surface area contributed by atoms with Gasteiger partial charge in [0.25, 0.3) is 0 Å². The van der Waals surface area contributed by atoms with Crippen molar-refractivity contribution in [1.82, 2.24) is 10.6 Å². The molecule has 0 radical (unpaired) electrons. The first-order chi connectivity index (χ1) is 11.8. The smallest absolute Gasteiger partial charge is 0.191 e. The molecular formula is C19H22N4O. The lowest BCUT2D eigenvalue weighted by Crippen LogP contribution is -2.39. The van der Waals surface area contributed by atoms with Crippen LogP contribution in [0.4, 0.5) is 0 Å². The van der Waals surface area contributed by atoms with Crippen molar-refractivity contribution in [1.29, 1.82) is 5.26 Å². The quantitative estimate of drug-likeness (QED) is 0.467. The number of nitrogens with zero attached hydrogens (tertiary/aromatic N) is 2. The molecule has 0 spiro atoms. The topological polar surface area (TPSA) is 69.4 Å². The Kier molecular flexibility index (Phi) is 7.16. The molecule has 0 aliphatic carbocycles. The van der Waals surface area contributed by atoms with Gasteiger partial charge in [-0.1, -0.05) is 30.3 Å². The Morgan fingerprint density at radius 2 is 1.96 bits per heavy atom. The molecule has 2 aromatic rings. The Morgan fingerprint density at radius 1 is 1.12 bits per heavy atom. The van der Waals surface area contributed by atoms with Crippen LogP contribution in [0.3, 0.4) is 0 Å². The minimum absolute atomic E-state index is 0.518. The molecule has 0 fully saturated rings. The molecule has 2 N–H and O–H groups in total. The van der Waals surface area contributed by atoms with Crippen LogP contribution in [0.15, 0.2) is 59.6 Å². The Morgan fingerprint density at radius 3 is 2.71 bits per heavy atom. The van der Waals surface area contributed by atoms with Crippen molar-refractivity contribution in [3.63, 3.8) is 0 Å². The Labute approximate surface area is 143 Å². The predicted molar refractivity (Wildman–Crippen MR) is 95.9 cm³/mol. The molecule has 0 unspecified atom stereocenters. The Balaban J connectivity index is 1.83. The van der Waals surface area contributed by atoms with E-state index in [4.69, 9.17) is 10.00 Å². The molecule has 0 bridgehead atoms. The van der Waals surface area contributed by atoms with E-state index in [0.717, 1.165) is 23.8 Å². The zero-order valence-corrected chi connectivity index (χ0v) is 13.8. The fraction of sp³-hybridized carbons (Fsp3) is 0.263. The van der Waals surface area contributed by atoms with Crippen molar-refractivity contribution in [3.8, 4) is 11.8 Å². The molecule has 2 rings (SSSR count). The van der Waals surface area contributed by atoms with Gasteiger partial charge in [-0.2, -0.15) is 5.26 Å². The molecule has 24 heavy (non-hydrogen) atoms. The molecule has 0 aromatic heterocycles. The maximum absolute atomic E-state index is 8.94. The van der Waals surface area contributed by atoms with Crippen LogP contribution in [0, 0.1) is 11.3 Å². The van der Waals surface area contributed by atoms with Gasteiger partial charge in [0.1, 0.15) is 12.4 Å². The number of rotatable bonds is 7. The summed E-state index contributed by atoms with van der Waals surface area (Å²) in [7, 11) is 0. The summed E-state index contributed by atoms with van der Waals surface area (Å²) in [5.41, 5.74) is 1.66. The van der Waals surface area contributed by atoms with Gasteiger partial charge in [-0.3, -0.25) is 0 Å². The lowest BCUT2D eigenvalue weighted by Gasteiger charge is -2.12. The van der Waals surface area contributed by atoms with Crippen molar-refractivity contribution in [2.45, 2.75) is 13.5 Å². The highest BCUT2D eigenvalue weighted by Gasteiger charge is 1.99. The third-order valence-corrected chi connectivity index (χ3v) is 3.23. The molecule has 5 nitrogen and oxygen atoms in total. The molecule has 0 aliphatic heterocycles. The lowest BCUT2D eigenvalue weighted by molar-refractivity contribution is 0.322. The summed E-state index contributed by atoms with van der Waals surface area (Å²) in [5.74, 6) is 1.59. The molecule has 0 aliphatic rings. The molecule has 0 amide bonds. The van der Waals surface area contributed by atoms with E-state index in [2.05, 4.69) is 21.7 Å². The van der Waals surface area contributed by atoms with Gasteiger partial charge < -0.3 is 15.4 Å². The van der Waals surface area contributed by atoms with Crippen molar-refractivity contribution in [2.75, 3.05) is 19.7 Å². The molecule has 5 heteroatoms. The number of ether oxygens (including phenoxy) is 1. The second-order valence-electron chi connectivity index (χ2n) is 5.10. The van der Waals surface area contributed by atoms with Gasteiger partial charge >= 0.3 is 0 Å². The number of benzene rings is 2. The van der Waals surface area contributed by atoms with E-state index in [9.17, 15) is 0 Å². The van der Waals surface area contributed by atoms with Crippen molar-refractivity contribution in [2.24, 2.45) is 4.99 Å². The highest BCUT2D eigenvalue weighted by Crippen LogP contribution is 2.07. The average molecular weight is 322 g/mol. The summed E-state index contributed by atoms with van der Waals surface area (Å²) >= 11 is 0. The van der Waals surface area contributed by atoms with Crippen LogP contribution in [0.2, 0.25) is 0 Å². The van der Waals surface area contributed by atoms with Gasteiger partial charge in [-0.25, -0.2) is 4.99 Å². The molecule has 124 valence electrons. The second-order valence-corrected chi connectivity index (χ2v) is 5.10. The van der Waals surface area contributed by atoms with Gasteiger partial charge in [0.05, 0.1) is 24.7 Å².